The van der Waals surface area contributed by atoms with Crippen LogP contribution in [0.5, 0.6) is 0 Å². The predicted octanol–water partition coefficient (Wildman–Crippen LogP) is 2.66. The lowest BCUT2D eigenvalue weighted by atomic mass is 10.1. The van der Waals surface area contributed by atoms with E-state index < -0.39 is 0 Å². The average molecular weight is 265 g/mol. The first-order valence-corrected chi connectivity index (χ1v) is 5.24. The molecule has 0 fully saturated rings. The van der Waals surface area contributed by atoms with Crippen molar-refractivity contribution in [2.24, 2.45) is 7.05 Å². The molecule has 0 N–H and O–H groups in total. The van der Waals surface area contributed by atoms with Crippen molar-refractivity contribution in [2.75, 3.05) is 0 Å². The van der Waals surface area contributed by atoms with Crippen LogP contribution < -0.4 is 0 Å². The lowest BCUT2D eigenvalue weighted by molar-refractivity contribution is 0.112. The van der Waals surface area contributed by atoms with Crippen molar-refractivity contribution in [2.45, 2.75) is 0 Å². The van der Waals surface area contributed by atoms with Gasteiger partial charge in [0.25, 0.3) is 0 Å². The molecule has 0 radical (unpaired) electrons. The highest BCUT2D eigenvalue weighted by Crippen LogP contribution is 2.23. The third-order valence-electron chi connectivity index (χ3n) is 2.19. The normalized spacial score (nSPS) is 10.3. The molecule has 0 aliphatic rings. The number of aldehydes is 1. The predicted molar refractivity (Wildman–Crippen MR) is 61.7 cm³/mol. The van der Waals surface area contributed by atoms with Crippen LogP contribution in [0.4, 0.5) is 0 Å². The van der Waals surface area contributed by atoms with Crippen molar-refractivity contribution in [1.82, 2.24) is 9.55 Å². The molecule has 3 nitrogen and oxygen atoms in total. The minimum Gasteiger partial charge on any atom is -0.333 e. The van der Waals surface area contributed by atoms with Gasteiger partial charge in [-0.1, -0.05) is 28.1 Å². The zero-order valence-electron chi connectivity index (χ0n) is 8.14. The molecule has 0 amide bonds. The summed E-state index contributed by atoms with van der Waals surface area (Å²) in [6.45, 7) is 0. The maximum atomic E-state index is 10.8. The number of aryl methyl sites for hydroxylation is 1. The fourth-order valence-electron chi connectivity index (χ4n) is 1.49. The summed E-state index contributed by atoms with van der Waals surface area (Å²) >= 11 is 3.37. The summed E-state index contributed by atoms with van der Waals surface area (Å²) in [6, 6.07) is 7.79. The summed E-state index contributed by atoms with van der Waals surface area (Å²) in [4.78, 5) is 14.8. The molecule has 4 heteroatoms. The van der Waals surface area contributed by atoms with E-state index in [4.69, 9.17) is 0 Å². The Morgan fingerprint density at radius 1 is 1.33 bits per heavy atom. The monoisotopic (exact) mass is 264 g/mol. The Balaban J connectivity index is 2.57. The molecule has 1 aromatic heterocycles. The van der Waals surface area contributed by atoms with Gasteiger partial charge in [-0.2, -0.15) is 0 Å². The van der Waals surface area contributed by atoms with E-state index in [2.05, 4.69) is 20.9 Å². The molecule has 1 heterocycles. The smallest absolute Gasteiger partial charge is 0.170 e. The Labute approximate surface area is 95.9 Å². The molecule has 0 saturated carbocycles. The quantitative estimate of drug-likeness (QED) is 0.782. The number of imidazole rings is 1. The molecule has 15 heavy (non-hydrogen) atoms. The van der Waals surface area contributed by atoms with Crippen LogP contribution >= 0.6 is 15.9 Å². The second kappa shape index (κ2) is 3.98. The SMILES string of the molecule is Cn1cnc(C=O)c1-c1ccc(Br)cc1. The molecule has 76 valence electrons. The van der Waals surface area contributed by atoms with Gasteiger partial charge >= 0.3 is 0 Å². The number of rotatable bonds is 2. The van der Waals surface area contributed by atoms with Gasteiger partial charge in [0.15, 0.2) is 6.29 Å². The van der Waals surface area contributed by atoms with E-state index in [9.17, 15) is 4.79 Å². The summed E-state index contributed by atoms with van der Waals surface area (Å²) in [5.41, 5.74) is 2.30. The summed E-state index contributed by atoms with van der Waals surface area (Å²) in [7, 11) is 1.87. The number of nitrogens with zero attached hydrogens (tertiary/aromatic N) is 2. The summed E-state index contributed by atoms with van der Waals surface area (Å²) in [5.74, 6) is 0. The average Bonchev–Trinajstić information content (AvgIpc) is 2.61. The molecule has 0 spiro atoms. The molecule has 1 aromatic carbocycles. The molecule has 2 aromatic rings. The topological polar surface area (TPSA) is 34.9 Å². The maximum Gasteiger partial charge on any atom is 0.170 e. The number of halogens is 1. The Morgan fingerprint density at radius 3 is 2.60 bits per heavy atom. The molecule has 0 unspecified atom stereocenters. The van der Waals surface area contributed by atoms with E-state index >= 15 is 0 Å². The van der Waals surface area contributed by atoms with Gasteiger partial charge in [0, 0.05) is 17.1 Å². The van der Waals surface area contributed by atoms with Crippen molar-refractivity contribution >= 4 is 22.2 Å². The van der Waals surface area contributed by atoms with Crippen LogP contribution in [0.15, 0.2) is 35.1 Å². The minimum atomic E-state index is 0.472. The fourth-order valence-corrected chi connectivity index (χ4v) is 1.76. The number of carbonyl (C=O) groups excluding carboxylic acids is 1. The van der Waals surface area contributed by atoms with E-state index in [-0.39, 0.29) is 0 Å². The zero-order valence-corrected chi connectivity index (χ0v) is 9.73. The minimum absolute atomic E-state index is 0.472. The third-order valence-corrected chi connectivity index (χ3v) is 2.72. The zero-order chi connectivity index (χ0) is 10.8. The van der Waals surface area contributed by atoms with Crippen molar-refractivity contribution < 1.29 is 4.79 Å². The van der Waals surface area contributed by atoms with Gasteiger partial charge in [0.05, 0.1) is 12.0 Å². The number of aromatic nitrogens is 2. The fraction of sp³-hybridized carbons (Fsp3) is 0.0909. The van der Waals surface area contributed by atoms with Gasteiger partial charge < -0.3 is 4.57 Å². The van der Waals surface area contributed by atoms with Crippen LogP contribution in [-0.2, 0) is 7.05 Å². The van der Waals surface area contributed by atoms with Crippen molar-refractivity contribution in [3.63, 3.8) is 0 Å². The van der Waals surface area contributed by atoms with E-state index in [0.717, 1.165) is 22.0 Å². The van der Waals surface area contributed by atoms with Crippen molar-refractivity contribution in [3.05, 3.63) is 40.8 Å². The highest BCUT2D eigenvalue weighted by atomic mass is 79.9. The summed E-state index contributed by atoms with van der Waals surface area (Å²) in [6.07, 6.45) is 2.42. The summed E-state index contributed by atoms with van der Waals surface area (Å²) < 4.78 is 2.86. The van der Waals surface area contributed by atoms with Crippen LogP contribution in [-0.4, -0.2) is 15.8 Å². The van der Waals surface area contributed by atoms with Crippen LogP contribution in [0.1, 0.15) is 10.5 Å². The van der Waals surface area contributed by atoms with E-state index in [0.29, 0.717) is 5.69 Å². The van der Waals surface area contributed by atoms with Gasteiger partial charge in [-0.3, -0.25) is 4.79 Å². The van der Waals surface area contributed by atoms with Gasteiger partial charge in [0.1, 0.15) is 5.69 Å². The second-order valence-corrected chi connectivity index (χ2v) is 4.13. The van der Waals surface area contributed by atoms with Crippen LogP contribution in [0.2, 0.25) is 0 Å². The third kappa shape index (κ3) is 1.85. The Bertz CT molecular complexity index is 488. The van der Waals surface area contributed by atoms with Crippen molar-refractivity contribution in [3.8, 4) is 11.3 Å². The number of carbonyl (C=O) groups is 1. The van der Waals surface area contributed by atoms with E-state index in [1.165, 1.54) is 0 Å². The van der Waals surface area contributed by atoms with Crippen LogP contribution in [0.25, 0.3) is 11.3 Å². The molecule has 0 atom stereocenters. The first kappa shape index (κ1) is 10.1. The molecule has 0 bridgehead atoms. The Morgan fingerprint density at radius 2 is 2.00 bits per heavy atom. The van der Waals surface area contributed by atoms with Gasteiger partial charge in [0.2, 0.25) is 0 Å². The maximum absolute atomic E-state index is 10.8. The highest BCUT2D eigenvalue weighted by molar-refractivity contribution is 9.10. The molecule has 0 aliphatic heterocycles. The lowest BCUT2D eigenvalue weighted by Gasteiger charge is -2.03. The number of hydrogen-bond donors (Lipinski definition) is 0. The molecular weight excluding hydrogens is 256 g/mol. The molecule has 0 saturated heterocycles. The molecule has 2 rings (SSSR count). The van der Waals surface area contributed by atoms with Crippen molar-refractivity contribution in [1.29, 1.82) is 0 Å². The Hall–Kier alpha value is -1.42. The molecule has 0 aliphatic carbocycles. The largest absolute Gasteiger partial charge is 0.333 e. The lowest BCUT2D eigenvalue weighted by Crippen LogP contribution is -1.92. The molecular formula is C11H9BrN2O. The second-order valence-electron chi connectivity index (χ2n) is 3.21. The Kier molecular flexibility index (Phi) is 2.68. The van der Waals surface area contributed by atoms with Gasteiger partial charge in [-0.25, -0.2) is 4.98 Å². The number of hydrogen-bond acceptors (Lipinski definition) is 2. The first-order valence-electron chi connectivity index (χ1n) is 4.45. The van der Waals surface area contributed by atoms with Crippen LogP contribution in [0.3, 0.4) is 0 Å². The van der Waals surface area contributed by atoms with Gasteiger partial charge in [-0.15, -0.1) is 0 Å². The first-order chi connectivity index (χ1) is 7.22. The highest BCUT2D eigenvalue weighted by Gasteiger charge is 2.09. The van der Waals surface area contributed by atoms with E-state index in [1.807, 2.05) is 35.9 Å². The van der Waals surface area contributed by atoms with E-state index in [1.54, 1.807) is 6.33 Å². The number of benzene rings is 1. The standard InChI is InChI=1S/C11H9BrN2O/c1-14-7-13-10(6-15)11(14)8-2-4-9(12)5-3-8/h2-7H,1H3. The van der Waals surface area contributed by atoms with Crippen LogP contribution in [0, 0.1) is 0 Å². The van der Waals surface area contributed by atoms with Gasteiger partial charge in [-0.05, 0) is 12.1 Å². The summed E-state index contributed by atoms with van der Waals surface area (Å²) in [5, 5.41) is 0.